The van der Waals surface area contributed by atoms with Crippen molar-refractivity contribution in [2.45, 2.75) is 26.2 Å². The average Bonchev–Trinajstić information content (AvgIpc) is 3.05. The zero-order chi connectivity index (χ0) is 18.9. The van der Waals surface area contributed by atoms with Crippen LogP contribution < -0.4 is 0 Å². The SMILES string of the molecule is CC(C)(C)c1ccc(-c2nc(C=Nc3ccccc3)c3ccccn23)cc1. The summed E-state index contributed by atoms with van der Waals surface area (Å²) in [6, 6.07) is 24.8. The second-order valence-electron chi connectivity index (χ2n) is 7.70. The Morgan fingerprint density at radius 3 is 2.26 bits per heavy atom. The van der Waals surface area contributed by atoms with E-state index in [0.29, 0.717) is 0 Å². The Morgan fingerprint density at radius 2 is 1.56 bits per heavy atom. The molecule has 0 fully saturated rings. The fourth-order valence-electron chi connectivity index (χ4n) is 3.13. The van der Waals surface area contributed by atoms with Gasteiger partial charge in [-0.15, -0.1) is 0 Å². The van der Waals surface area contributed by atoms with Gasteiger partial charge in [0.05, 0.1) is 17.4 Å². The van der Waals surface area contributed by atoms with Crippen molar-refractivity contribution >= 4 is 17.4 Å². The van der Waals surface area contributed by atoms with Crippen LogP contribution in [0.4, 0.5) is 5.69 Å². The summed E-state index contributed by atoms with van der Waals surface area (Å²) in [5.74, 6) is 0.931. The minimum atomic E-state index is 0.140. The zero-order valence-electron chi connectivity index (χ0n) is 15.9. The summed E-state index contributed by atoms with van der Waals surface area (Å²) < 4.78 is 2.12. The molecule has 0 aliphatic heterocycles. The summed E-state index contributed by atoms with van der Waals surface area (Å²) >= 11 is 0. The molecule has 2 aromatic carbocycles. The van der Waals surface area contributed by atoms with Crippen molar-refractivity contribution in [2.24, 2.45) is 4.99 Å². The Morgan fingerprint density at radius 1 is 0.852 bits per heavy atom. The number of benzene rings is 2. The number of pyridine rings is 1. The minimum Gasteiger partial charge on any atom is -0.299 e. The van der Waals surface area contributed by atoms with Gasteiger partial charge in [-0.2, -0.15) is 0 Å². The third-order valence-electron chi connectivity index (χ3n) is 4.68. The van der Waals surface area contributed by atoms with E-state index in [4.69, 9.17) is 4.98 Å². The molecule has 3 nitrogen and oxygen atoms in total. The second-order valence-corrected chi connectivity index (χ2v) is 7.70. The van der Waals surface area contributed by atoms with E-state index in [1.54, 1.807) is 0 Å². The van der Waals surface area contributed by atoms with Gasteiger partial charge in [0.15, 0.2) is 0 Å². The molecule has 27 heavy (non-hydrogen) atoms. The molecule has 2 aromatic heterocycles. The molecular formula is C24H23N3. The van der Waals surface area contributed by atoms with Crippen LogP contribution >= 0.6 is 0 Å². The van der Waals surface area contributed by atoms with Crippen molar-refractivity contribution < 1.29 is 0 Å². The molecule has 134 valence electrons. The average molecular weight is 353 g/mol. The maximum atomic E-state index is 4.88. The lowest BCUT2D eigenvalue weighted by atomic mass is 9.87. The molecule has 0 unspecified atom stereocenters. The summed E-state index contributed by atoms with van der Waals surface area (Å²) in [4.78, 5) is 9.46. The van der Waals surface area contributed by atoms with Crippen molar-refractivity contribution in [2.75, 3.05) is 0 Å². The van der Waals surface area contributed by atoms with Gasteiger partial charge in [-0.05, 0) is 35.2 Å². The lowest BCUT2D eigenvalue weighted by molar-refractivity contribution is 0.590. The van der Waals surface area contributed by atoms with E-state index in [1.807, 2.05) is 48.7 Å². The quantitative estimate of drug-likeness (QED) is 0.412. The van der Waals surface area contributed by atoms with Crippen LogP contribution in [0, 0.1) is 0 Å². The summed E-state index contributed by atoms with van der Waals surface area (Å²) in [5, 5.41) is 0. The second kappa shape index (κ2) is 6.84. The first-order valence-electron chi connectivity index (χ1n) is 9.19. The highest BCUT2D eigenvalue weighted by Gasteiger charge is 2.15. The van der Waals surface area contributed by atoms with Gasteiger partial charge in [0.25, 0.3) is 0 Å². The van der Waals surface area contributed by atoms with Crippen LogP contribution in [-0.4, -0.2) is 15.6 Å². The minimum absolute atomic E-state index is 0.140. The summed E-state index contributed by atoms with van der Waals surface area (Å²) in [7, 11) is 0. The molecular weight excluding hydrogens is 330 g/mol. The number of aromatic nitrogens is 2. The fraction of sp³-hybridized carbons (Fsp3) is 0.167. The predicted octanol–water partition coefficient (Wildman–Crippen LogP) is 6.05. The lowest BCUT2D eigenvalue weighted by Gasteiger charge is -2.19. The van der Waals surface area contributed by atoms with E-state index in [0.717, 1.165) is 28.3 Å². The number of imidazole rings is 1. The maximum absolute atomic E-state index is 4.88. The zero-order valence-corrected chi connectivity index (χ0v) is 15.9. The van der Waals surface area contributed by atoms with Crippen LogP contribution in [-0.2, 0) is 5.41 Å². The van der Waals surface area contributed by atoms with Gasteiger partial charge in [0.1, 0.15) is 11.5 Å². The standard InChI is InChI=1S/C24H23N3/c1-24(2,3)19-14-12-18(13-15-19)23-26-21(22-11-7-8-16-27(22)23)17-25-20-9-5-4-6-10-20/h4-17H,1-3H3. The van der Waals surface area contributed by atoms with Crippen LogP contribution in [0.3, 0.4) is 0 Å². The number of hydrogen-bond acceptors (Lipinski definition) is 2. The van der Waals surface area contributed by atoms with Gasteiger partial charge >= 0.3 is 0 Å². The molecule has 0 aliphatic rings. The summed E-state index contributed by atoms with van der Waals surface area (Å²) in [6.07, 6.45) is 3.90. The van der Waals surface area contributed by atoms with Gasteiger partial charge in [0.2, 0.25) is 0 Å². The fourth-order valence-corrected chi connectivity index (χ4v) is 3.13. The number of fused-ring (bicyclic) bond motifs is 1. The number of hydrogen-bond donors (Lipinski definition) is 0. The van der Waals surface area contributed by atoms with E-state index in [9.17, 15) is 0 Å². The highest BCUT2D eigenvalue weighted by molar-refractivity contribution is 5.90. The van der Waals surface area contributed by atoms with Crippen LogP contribution in [0.25, 0.3) is 16.9 Å². The van der Waals surface area contributed by atoms with Crippen LogP contribution in [0.15, 0.2) is 84.0 Å². The molecule has 4 aromatic rings. The van der Waals surface area contributed by atoms with Crippen LogP contribution in [0.5, 0.6) is 0 Å². The third-order valence-corrected chi connectivity index (χ3v) is 4.68. The van der Waals surface area contributed by atoms with Gasteiger partial charge in [0, 0.05) is 11.8 Å². The Kier molecular flexibility index (Phi) is 4.36. The first-order valence-corrected chi connectivity index (χ1v) is 9.19. The van der Waals surface area contributed by atoms with Crippen molar-refractivity contribution in [3.8, 4) is 11.4 Å². The van der Waals surface area contributed by atoms with Gasteiger partial charge < -0.3 is 0 Å². The van der Waals surface area contributed by atoms with E-state index >= 15 is 0 Å². The molecule has 0 saturated heterocycles. The van der Waals surface area contributed by atoms with Gasteiger partial charge in [-0.25, -0.2) is 4.98 Å². The predicted molar refractivity (Wildman–Crippen MR) is 113 cm³/mol. The van der Waals surface area contributed by atoms with Crippen LogP contribution in [0.1, 0.15) is 32.0 Å². The molecule has 0 aliphatic carbocycles. The summed E-state index contributed by atoms with van der Waals surface area (Å²) in [5.41, 5.74) is 5.40. The van der Waals surface area contributed by atoms with Crippen molar-refractivity contribution in [3.63, 3.8) is 0 Å². The van der Waals surface area contributed by atoms with Crippen LogP contribution in [0.2, 0.25) is 0 Å². The normalized spacial score (nSPS) is 12.1. The van der Waals surface area contributed by atoms with Crippen molar-refractivity contribution in [3.05, 3.63) is 90.3 Å². The Balaban J connectivity index is 1.77. The highest BCUT2D eigenvalue weighted by Crippen LogP contribution is 2.27. The molecule has 0 amide bonds. The van der Waals surface area contributed by atoms with Crippen molar-refractivity contribution in [1.82, 2.24) is 9.38 Å². The van der Waals surface area contributed by atoms with E-state index in [2.05, 4.69) is 66.7 Å². The first-order chi connectivity index (χ1) is 13.0. The molecule has 2 heterocycles. The number of rotatable bonds is 3. The molecule has 0 spiro atoms. The lowest BCUT2D eigenvalue weighted by Crippen LogP contribution is -2.10. The largest absolute Gasteiger partial charge is 0.299 e. The molecule has 0 radical (unpaired) electrons. The molecule has 3 heteroatoms. The highest BCUT2D eigenvalue weighted by atomic mass is 15.0. The molecule has 0 atom stereocenters. The van der Waals surface area contributed by atoms with E-state index < -0.39 is 0 Å². The monoisotopic (exact) mass is 353 g/mol. The van der Waals surface area contributed by atoms with Crippen molar-refractivity contribution in [1.29, 1.82) is 0 Å². The number of para-hydroxylation sites is 1. The first kappa shape index (κ1) is 17.2. The Hall–Kier alpha value is -3.20. The number of nitrogens with zero attached hydrogens (tertiary/aromatic N) is 3. The third kappa shape index (κ3) is 3.54. The maximum Gasteiger partial charge on any atom is 0.145 e. The summed E-state index contributed by atoms with van der Waals surface area (Å²) in [6.45, 7) is 6.68. The van der Waals surface area contributed by atoms with E-state index in [-0.39, 0.29) is 5.41 Å². The van der Waals surface area contributed by atoms with Gasteiger partial charge in [-0.3, -0.25) is 9.39 Å². The Labute approximate surface area is 160 Å². The smallest absolute Gasteiger partial charge is 0.145 e. The van der Waals surface area contributed by atoms with E-state index in [1.165, 1.54) is 5.56 Å². The molecule has 0 bridgehead atoms. The molecule has 0 saturated carbocycles. The molecule has 0 N–H and O–H groups in total. The molecule has 4 rings (SSSR count). The van der Waals surface area contributed by atoms with Gasteiger partial charge in [-0.1, -0.05) is 69.3 Å². The Bertz CT molecular complexity index is 1080. The topological polar surface area (TPSA) is 29.7 Å². The number of aliphatic imine (C=N–C) groups is 1.